The molecule has 0 aliphatic rings. The Labute approximate surface area is 147 Å². The van der Waals surface area contributed by atoms with Crippen molar-refractivity contribution < 1.29 is 9.53 Å². The molecule has 0 bridgehead atoms. The highest BCUT2D eigenvalue weighted by Gasteiger charge is 2.11. The average Bonchev–Trinajstić information content (AvgIpc) is 2.49. The summed E-state index contributed by atoms with van der Waals surface area (Å²) in [7, 11) is 0. The molecule has 7 heteroatoms. The number of thiocarbonyl (C=S) groups is 1. The zero-order valence-corrected chi connectivity index (χ0v) is 14.6. The topological polar surface area (TPSA) is 76.7 Å². The van der Waals surface area contributed by atoms with Gasteiger partial charge < -0.3 is 10.5 Å². The first-order chi connectivity index (χ1) is 11.0. The molecule has 2 aromatic carbocycles. The van der Waals surface area contributed by atoms with Gasteiger partial charge in [-0.1, -0.05) is 33.6 Å². The van der Waals surface area contributed by atoms with Crippen LogP contribution in [0.5, 0.6) is 5.75 Å². The van der Waals surface area contributed by atoms with Crippen molar-refractivity contribution in [2.75, 3.05) is 0 Å². The summed E-state index contributed by atoms with van der Waals surface area (Å²) < 4.78 is 6.28. The number of hydrogen-bond donors (Lipinski definition) is 2. The summed E-state index contributed by atoms with van der Waals surface area (Å²) in [6.45, 7) is 1.91. The van der Waals surface area contributed by atoms with Crippen molar-refractivity contribution in [3.8, 4) is 5.75 Å². The molecule has 0 aromatic heterocycles. The van der Waals surface area contributed by atoms with E-state index in [1.165, 1.54) is 6.21 Å². The highest BCUT2D eigenvalue weighted by Crippen LogP contribution is 2.23. The maximum Gasteiger partial charge on any atom is 0.343 e. The molecule has 0 fully saturated rings. The van der Waals surface area contributed by atoms with Gasteiger partial charge in [-0.3, -0.25) is 5.43 Å². The third kappa shape index (κ3) is 5.15. The van der Waals surface area contributed by atoms with E-state index in [9.17, 15) is 4.79 Å². The van der Waals surface area contributed by atoms with Crippen LogP contribution in [0, 0.1) is 6.92 Å². The third-order valence-corrected chi connectivity index (χ3v) is 3.39. The molecule has 0 unspecified atom stereocenters. The zero-order valence-electron chi connectivity index (χ0n) is 12.2. The van der Waals surface area contributed by atoms with Crippen molar-refractivity contribution in [1.82, 2.24) is 5.43 Å². The lowest BCUT2D eigenvalue weighted by atomic mass is 10.1. The maximum absolute atomic E-state index is 12.3. The molecular formula is C16H14BrN3O2S. The standard InChI is InChI=1S/C16H14BrN3O2S/c1-10-3-2-4-11(7-10)15(21)22-14-6-5-13(17)8-12(14)9-19-20-16(18)23/h2-9H,1H3,(H3,18,20,23). The van der Waals surface area contributed by atoms with Crippen molar-refractivity contribution in [2.24, 2.45) is 10.8 Å². The molecule has 0 saturated heterocycles. The van der Waals surface area contributed by atoms with Crippen LogP contribution < -0.4 is 15.9 Å². The van der Waals surface area contributed by atoms with Crippen LogP contribution in [-0.4, -0.2) is 17.3 Å². The van der Waals surface area contributed by atoms with Crippen LogP contribution in [0.1, 0.15) is 21.5 Å². The Morgan fingerprint density at radius 1 is 1.35 bits per heavy atom. The van der Waals surface area contributed by atoms with Gasteiger partial charge >= 0.3 is 5.97 Å². The molecule has 0 saturated carbocycles. The largest absolute Gasteiger partial charge is 0.422 e. The van der Waals surface area contributed by atoms with Crippen molar-refractivity contribution in [2.45, 2.75) is 6.92 Å². The number of carbonyl (C=O) groups is 1. The van der Waals surface area contributed by atoms with Crippen LogP contribution in [0.25, 0.3) is 0 Å². The first-order valence-electron chi connectivity index (χ1n) is 6.62. The number of esters is 1. The quantitative estimate of drug-likeness (QED) is 0.275. The Balaban J connectivity index is 2.23. The van der Waals surface area contributed by atoms with Gasteiger partial charge in [0.15, 0.2) is 5.11 Å². The fourth-order valence-corrected chi connectivity index (χ4v) is 2.24. The number of aryl methyl sites for hydroxylation is 1. The monoisotopic (exact) mass is 391 g/mol. The molecule has 0 radical (unpaired) electrons. The Bertz CT molecular complexity index is 778. The van der Waals surface area contributed by atoms with E-state index in [-0.39, 0.29) is 5.11 Å². The maximum atomic E-state index is 12.3. The number of benzene rings is 2. The molecule has 3 N–H and O–H groups in total. The molecule has 0 amide bonds. The van der Waals surface area contributed by atoms with Crippen molar-refractivity contribution in [3.63, 3.8) is 0 Å². The van der Waals surface area contributed by atoms with Gasteiger partial charge in [0.2, 0.25) is 0 Å². The molecule has 0 aliphatic carbocycles. The summed E-state index contributed by atoms with van der Waals surface area (Å²) in [5.74, 6) is -0.0545. The van der Waals surface area contributed by atoms with E-state index in [0.717, 1.165) is 10.0 Å². The summed E-state index contributed by atoms with van der Waals surface area (Å²) in [5, 5.41) is 3.93. The first-order valence-corrected chi connectivity index (χ1v) is 7.83. The second-order valence-electron chi connectivity index (χ2n) is 4.68. The van der Waals surface area contributed by atoms with Gasteiger partial charge in [-0.15, -0.1) is 0 Å². The van der Waals surface area contributed by atoms with Crippen molar-refractivity contribution in [1.29, 1.82) is 0 Å². The molecule has 118 valence electrons. The predicted molar refractivity (Wildman–Crippen MR) is 97.8 cm³/mol. The lowest BCUT2D eigenvalue weighted by molar-refractivity contribution is 0.0734. The summed E-state index contributed by atoms with van der Waals surface area (Å²) in [6.07, 6.45) is 1.47. The Morgan fingerprint density at radius 2 is 2.13 bits per heavy atom. The van der Waals surface area contributed by atoms with Gasteiger partial charge in [0, 0.05) is 10.0 Å². The molecule has 2 rings (SSSR count). The number of hydrogen-bond acceptors (Lipinski definition) is 4. The van der Waals surface area contributed by atoms with Crippen LogP contribution in [0.4, 0.5) is 0 Å². The number of nitrogens with zero attached hydrogens (tertiary/aromatic N) is 1. The summed E-state index contributed by atoms with van der Waals surface area (Å²) in [5.41, 5.74) is 9.83. The minimum absolute atomic E-state index is 0.0505. The highest BCUT2D eigenvalue weighted by atomic mass is 79.9. The van der Waals surface area contributed by atoms with E-state index in [0.29, 0.717) is 16.9 Å². The number of rotatable bonds is 4. The van der Waals surface area contributed by atoms with Gasteiger partial charge in [-0.05, 0) is 49.5 Å². The molecular weight excluding hydrogens is 378 g/mol. The number of halogens is 1. The molecule has 0 aliphatic heterocycles. The van der Waals surface area contributed by atoms with Crippen molar-refractivity contribution >= 4 is 45.4 Å². The molecule has 0 atom stereocenters. The minimum atomic E-state index is -0.437. The Morgan fingerprint density at radius 3 is 2.83 bits per heavy atom. The van der Waals surface area contributed by atoms with Gasteiger partial charge in [0.1, 0.15) is 5.75 Å². The average molecular weight is 392 g/mol. The number of nitrogens with one attached hydrogen (secondary N) is 1. The lowest BCUT2D eigenvalue weighted by Gasteiger charge is -2.08. The summed E-state index contributed by atoms with van der Waals surface area (Å²) in [4.78, 5) is 12.3. The van der Waals surface area contributed by atoms with Gasteiger partial charge in [-0.2, -0.15) is 5.10 Å². The number of hydrazone groups is 1. The second kappa shape index (κ2) is 7.85. The zero-order chi connectivity index (χ0) is 16.8. The predicted octanol–water partition coefficient (Wildman–Crippen LogP) is 3.14. The van der Waals surface area contributed by atoms with Gasteiger partial charge in [0.25, 0.3) is 0 Å². The van der Waals surface area contributed by atoms with E-state index in [1.54, 1.807) is 30.3 Å². The molecule has 5 nitrogen and oxygen atoms in total. The highest BCUT2D eigenvalue weighted by molar-refractivity contribution is 9.10. The molecule has 0 heterocycles. The normalized spacial score (nSPS) is 10.5. The fraction of sp³-hybridized carbons (Fsp3) is 0.0625. The van der Waals surface area contributed by atoms with E-state index in [4.69, 9.17) is 10.5 Å². The molecule has 0 spiro atoms. The molecule has 2 aromatic rings. The van der Waals surface area contributed by atoms with Crippen LogP contribution in [0.2, 0.25) is 0 Å². The first kappa shape index (κ1) is 17.1. The third-order valence-electron chi connectivity index (χ3n) is 2.81. The van der Waals surface area contributed by atoms with Gasteiger partial charge in [0.05, 0.1) is 11.8 Å². The van der Waals surface area contributed by atoms with E-state index in [2.05, 4.69) is 38.7 Å². The van der Waals surface area contributed by atoms with Crippen LogP contribution in [0.3, 0.4) is 0 Å². The lowest BCUT2D eigenvalue weighted by Crippen LogP contribution is -2.24. The molecule has 23 heavy (non-hydrogen) atoms. The number of nitrogens with two attached hydrogens (primary N) is 1. The van der Waals surface area contributed by atoms with E-state index in [1.807, 2.05) is 19.1 Å². The van der Waals surface area contributed by atoms with Gasteiger partial charge in [-0.25, -0.2) is 4.79 Å². The van der Waals surface area contributed by atoms with Crippen LogP contribution in [0.15, 0.2) is 52.0 Å². The van der Waals surface area contributed by atoms with Crippen molar-refractivity contribution in [3.05, 3.63) is 63.6 Å². The SMILES string of the molecule is Cc1cccc(C(=O)Oc2ccc(Br)cc2C=NNC(N)=S)c1. The smallest absolute Gasteiger partial charge is 0.343 e. The Hall–Kier alpha value is -2.25. The van der Waals surface area contributed by atoms with Crippen LogP contribution >= 0.6 is 28.1 Å². The fourth-order valence-electron chi connectivity index (χ4n) is 1.81. The van der Waals surface area contributed by atoms with E-state index >= 15 is 0 Å². The summed E-state index contributed by atoms with van der Waals surface area (Å²) in [6, 6.07) is 12.4. The second-order valence-corrected chi connectivity index (χ2v) is 6.03. The van der Waals surface area contributed by atoms with Crippen LogP contribution in [-0.2, 0) is 0 Å². The van der Waals surface area contributed by atoms with E-state index < -0.39 is 5.97 Å². The minimum Gasteiger partial charge on any atom is -0.422 e. The number of carbonyl (C=O) groups excluding carboxylic acids is 1. The Kier molecular flexibility index (Phi) is 5.84. The summed E-state index contributed by atoms with van der Waals surface area (Å²) >= 11 is 8.04. The number of ether oxygens (including phenoxy) is 1.